The van der Waals surface area contributed by atoms with E-state index in [2.05, 4.69) is 15.9 Å². The van der Waals surface area contributed by atoms with Crippen molar-refractivity contribution >= 4 is 37.4 Å². The molecule has 1 aliphatic rings. The maximum atomic E-state index is 13.1. The van der Waals surface area contributed by atoms with Crippen molar-refractivity contribution in [3.63, 3.8) is 0 Å². The van der Waals surface area contributed by atoms with Gasteiger partial charge in [0.2, 0.25) is 0 Å². The molecule has 0 saturated heterocycles. The number of rotatable bonds is 2. The number of sulfonamides is 1. The van der Waals surface area contributed by atoms with Gasteiger partial charge in [0.15, 0.2) is 5.78 Å². The van der Waals surface area contributed by atoms with Crippen LogP contribution in [0.2, 0.25) is 0 Å². The molecule has 2 aromatic carbocycles. The first-order chi connectivity index (χ1) is 10.9. The Hall–Kier alpha value is -1.66. The molecule has 0 spiro atoms. The summed E-state index contributed by atoms with van der Waals surface area (Å²) < 4.78 is 28.4. The Labute approximate surface area is 144 Å². The van der Waals surface area contributed by atoms with E-state index in [9.17, 15) is 13.2 Å². The molecule has 1 aliphatic heterocycles. The van der Waals surface area contributed by atoms with Gasteiger partial charge in [0.1, 0.15) is 0 Å². The van der Waals surface area contributed by atoms with Crippen LogP contribution in [0.3, 0.4) is 0 Å². The van der Waals surface area contributed by atoms with Crippen molar-refractivity contribution < 1.29 is 13.2 Å². The average molecular weight is 394 g/mol. The summed E-state index contributed by atoms with van der Waals surface area (Å²) in [7, 11) is -3.70. The van der Waals surface area contributed by atoms with E-state index in [4.69, 9.17) is 0 Å². The minimum Gasteiger partial charge on any atom is -0.294 e. The fraction of sp³-hybridized carbons (Fsp3) is 0.235. The first-order valence-electron chi connectivity index (χ1n) is 7.32. The largest absolute Gasteiger partial charge is 0.294 e. The van der Waals surface area contributed by atoms with Gasteiger partial charge in [-0.1, -0.05) is 28.1 Å². The Bertz CT molecular complexity index is 877. The van der Waals surface area contributed by atoms with Gasteiger partial charge < -0.3 is 0 Å². The number of carbonyl (C=O) groups excluding carboxylic acids is 1. The molecule has 0 bridgehead atoms. The molecule has 0 amide bonds. The molecule has 0 fully saturated rings. The Morgan fingerprint density at radius 1 is 1.13 bits per heavy atom. The summed E-state index contributed by atoms with van der Waals surface area (Å²) in [5.74, 6) is -0.00899. The highest BCUT2D eigenvalue weighted by Crippen LogP contribution is 2.32. The Morgan fingerprint density at radius 2 is 1.87 bits per heavy atom. The fourth-order valence-electron chi connectivity index (χ4n) is 2.72. The molecule has 3 rings (SSSR count). The van der Waals surface area contributed by atoms with Crippen LogP contribution in [0.1, 0.15) is 28.8 Å². The molecule has 0 atom stereocenters. The average Bonchev–Trinajstić information content (AvgIpc) is 2.70. The second-order valence-electron chi connectivity index (χ2n) is 5.53. The Morgan fingerprint density at radius 3 is 2.61 bits per heavy atom. The minimum absolute atomic E-state index is 0.00899. The van der Waals surface area contributed by atoms with E-state index in [-0.39, 0.29) is 10.7 Å². The van der Waals surface area contributed by atoms with Gasteiger partial charge in [0.05, 0.1) is 10.6 Å². The minimum atomic E-state index is -3.70. The maximum absolute atomic E-state index is 13.1. The molecule has 0 radical (unpaired) electrons. The lowest BCUT2D eigenvalue weighted by molar-refractivity contribution is 0.0984. The quantitative estimate of drug-likeness (QED) is 0.776. The summed E-state index contributed by atoms with van der Waals surface area (Å²) in [6.07, 6.45) is 0.880. The van der Waals surface area contributed by atoms with Crippen LogP contribution >= 0.6 is 15.9 Å². The highest BCUT2D eigenvalue weighted by Gasteiger charge is 2.30. The van der Waals surface area contributed by atoms with Gasteiger partial charge in [-0.05, 0) is 49.2 Å². The number of hydrogen-bond acceptors (Lipinski definition) is 3. The first-order valence-corrected chi connectivity index (χ1v) is 9.55. The van der Waals surface area contributed by atoms with Crippen molar-refractivity contribution in [2.24, 2.45) is 0 Å². The summed E-state index contributed by atoms with van der Waals surface area (Å²) in [4.78, 5) is 12.4. The summed E-state index contributed by atoms with van der Waals surface area (Å²) in [6, 6.07) is 11.9. The second kappa shape index (κ2) is 6.09. The molecule has 0 unspecified atom stereocenters. The first kappa shape index (κ1) is 16.2. The van der Waals surface area contributed by atoms with Crippen molar-refractivity contribution in [3.05, 3.63) is 58.1 Å². The normalized spacial score (nSPS) is 15.2. The van der Waals surface area contributed by atoms with Gasteiger partial charge in [0.25, 0.3) is 10.0 Å². The van der Waals surface area contributed by atoms with Crippen LogP contribution in [0.5, 0.6) is 0 Å². The third-order valence-electron chi connectivity index (χ3n) is 3.96. The standard InChI is InChI=1S/C17H16BrNO3S/c1-12-11-13(8-9-15(12)18)23(21,22)19-10-4-7-17(20)14-5-2-3-6-16(14)19/h2-3,5-6,8-9,11H,4,7,10H2,1H3. The van der Waals surface area contributed by atoms with Crippen molar-refractivity contribution in [1.82, 2.24) is 0 Å². The summed E-state index contributed by atoms with van der Waals surface area (Å²) in [5, 5.41) is 0. The monoisotopic (exact) mass is 393 g/mol. The highest BCUT2D eigenvalue weighted by atomic mass is 79.9. The zero-order valence-electron chi connectivity index (χ0n) is 12.6. The summed E-state index contributed by atoms with van der Waals surface area (Å²) >= 11 is 3.39. The van der Waals surface area contributed by atoms with Crippen LogP contribution in [0.4, 0.5) is 5.69 Å². The topological polar surface area (TPSA) is 54.5 Å². The lowest BCUT2D eigenvalue weighted by atomic mass is 10.1. The number of Topliss-reactive ketones (excluding diaryl/α,β-unsaturated/α-hetero) is 1. The highest BCUT2D eigenvalue weighted by molar-refractivity contribution is 9.10. The number of hydrogen-bond donors (Lipinski definition) is 0. The van der Waals surface area contributed by atoms with Crippen LogP contribution < -0.4 is 4.31 Å². The van der Waals surface area contributed by atoms with Crippen LogP contribution in [0.15, 0.2) is 51.8 Å². The van der Waals surface area contributed by atoms with E-state index in [1.807, 2.05) is 6.92 Å². The SMILES string of the molecule is Cc1cc(S(=O)(=O)N2CCCC(=O)c3ccccc32)ccc1Br. The van der Waals surface area contributed by atoms with Gasteiger partial charge in [0, 0.05) is 23.0 Å². The molecule has 4 nitrogen and oxygen atoms in total. The number of ketones is 1. The van der Waals surface area contributed by atoms with Gasteiger partial charge in [-0.3, -0.25) is 9.10 Å². The van der Waals surface area contributed by atoms with Crippen molar-refractivity contribution in [2.45, 2.75) is 24.7 Å². The molecular weight excluding hydrogens is 378 g/mol. The van der Waals surface area contributed by atoms with Crippen molar-refractivity contribution in [1.29, 1.82) is 0 Å². The molecular formula is C17H16BrNO3S. The number of anilines is 1. The Balaban J connectivity index is 2.14. The van der Waals surface area contributed by atoms with E-state index in [0.29, 0.717) is 30.6 Å². The van der Waals surface area contributed by atoms with Crippen molar-refractivity contribution in [2.75, 3.05) is 10.8 Å². The molecule has 0 N–H and O–H groups in total. The molecule has 6 heteroatoms. The smallest absolute Gasteiger partial charge is 0.264 e. The van der Waals surface area contributed by atoms with Gasteiger partial charge >= 0.3 is 0 Å². The predicted molar refractivity (Wildman–Crippen MR) is 93.4 cm³/mol. The van der Waals surface area contributed by atoms with E-state index in [1.54, 1.807) is 42.5 Å². The van der Waals surface area contributed by atoms with Gasteiger partial charge in [-0.25, -0.2) is 8.42 Å². The third kappa shape index (κ3) is 2.93. The van der Waals surface area contributed by atoms with E-state index < -0.39 is 10.0 Å². The molecule has 0 aromatic heterocycles. The van der Waals surface area contributed by atoms with Crippen LogP contribution in [-0.4, -0.2) is 20.7 Å². The number of carbonyl (C=O) groups is 1. The van der Waals surface area contributed by atoms with Crippen LogP contribution in [-0.2, 0) is 10.0 Å². The maximum Gasteiger partial charge on any atom is 0.264 e. The molecule has 2 aromatic rings. The zero-order chi connectivity index (χ0) is 16.6. The number of benzene rings is 2. The molecule has 120 valence electrons. The van der Waals surface area contributed by atoms with E-state index in [0.717, 1.165) is 10.0 Å². The number of fused-ring (bicyclic) bond motifs is 1. The number of halogens is 1. The lowest BCUT2D eigenvalue weighted by Crippen LogP contribution is -2.32. The molecule has 1 heterocycles. The van der Waals surface area contributed by atoms with Gasteiger partial charge in [-0.2, -0.15) is 0 Å². The van der Waals surface area contributed by atoms with Crippen LogP contribution in [0, 0.1) is 6.92 Å². The number of nitrogens with zero attached hydrogens (tertiary/aromatic N) is 1. The van der Waals surface area contributed by atoms with E-state index in [1.165, 1.54) is 4.31 Å². The fourth-order valence-corrected chi connectivity index (χ4v) is 4.57. The zero-order valence-corrected chi connectivity index (χ0v) is 15.0. The number of para-hydroxylation sites is 1. The second-order valence-corrected chi connectivity index (χ2v) is 8.25. The summed E-state index contributed by atoms with van der Waals surface area (Å²) in [5.41, 5.74) is 1.79. The van der Waals surface area contributed by atoms with Crippen LogP contribution in [0.25, 0.3) is 0 Å². The van der Waals surface area contributed by atoms with Crippen molar-refractivity contribution in [3.8, 4) is 0 Å². The van der Waals surface area contributed by atoms with E-state index >= 15 is 0 Å². The molecule has 0 saturated carbocycles. The molecule has 23 heavy (non-hydrogen) atoms. The Kier molecular flexibility index (Phi) is 4.29. The lowest BCUT2D eigenvalue weighted by Gasteiger charge is -2.24. The predicted octanol–water partition coefficient (Wildman–Crippen LogP) is 3.93. The summed E-state index contributed by atoms with van der Waals surface area (Å²) in [6.45, 7) is 2.16. The number of aryl methyl sites for hydroxylation is 1. The molecule has 0 aliphatic carbocycles. The third-order valence-corrected chi connectivity index (χ3v) is 6.65. The van der Waals surface area contributed by atoms with Gasteiger partial charge in [-0.15, -0.1) is 0 Å².